The van der Waals surface area contributed by atoms with E-state index >= 15 is 0 Å². The zero-order chi connectivity index (χ0) is 16.3. The van der Waals surface area contributed by atoms with E-state index in [2.05, 4.69) is 51.3 Å². The molecule has 2 fully saturated rings. The number of piperidine rings is 2. The minimum Gasteiger partial charge on any atom is -0.303 e. The lowest BCUT2D eigenvalue weighted by Gasteiger charge is -2.46. The van der Waals surface area contributed by atoms with Gasteiger partial charge in [-0.3, -0.25) is 0 Å². The van der Waals surface area contributed by atoms with Crippen LogP contribution in [0.15, 0.2) is 0 Å². The van der Waals surface area contributed by atoms with Crippen molar-refractivity contribution in [2.45, 2.75) is 66.8 Å². The second-order valence-electron chi connectivity index (χ2n) is 8.71. The summed E-state index contributed by atoms with van der Waals surface area (Å²) >= 11 is 0. The highest BCUT2D eigenvalue weighted by Crippen LogP contribution is 2.32. The van der Waals surface area contributed by atoms with Gasteiger partial charge in [0.15, 0.2) is 0 Å². The molecule has 2 saturated heterocycles. The van der Waals surface area contributed by atoms with Crippen molar-refractivity contribution in [2.24, 2.45) is 29.6 Å². The van der Waals surface area contributed by atoms with Crippen LogP contribution in [0.3, 0.4) is 0 Å². The predicted octanol–water partition coefficient (Wildman–Crippen LogP) is 4.36. The molecule has 130 valence electrons. The molecule has 0 aromatic heterocycles. The summed E-state index contributed by atoms with van der Waals surface area (Å²) in [5, 5.41) is 0. The number of hydrogen-bond acceptors (Lipinski definition) is 2. The fourth-order valence-corrected chi connectivity index (χ4v) is 4.72. The van der Waals surface area contributed by atoms with Crippen LogP contribution in [0.5, 0.6) is 0 Å². The van der Waals surface area contributed by atoms with Crippen molar-refractivity contribution in [3.05, 3.63) is 0 Å². The Morgan fingerprint density at radius 1 is 0.955 bits per heavy atom. The van der Waals surface area contributed by atoms with Gasteiger partial charge < -0.3 is 9.80 Å². The molecule has 2 aliphatic rings. The smallest absolute Gasteiger partial charge is 0.00645 e. The summed E-state index contributed by atoms with van der Waals surface area (Å²) in [5.41, 5.74) is 0. The second-order valence-corrected chi connectivity index (χ2v) is 8.71. The van der Waals surface area contributed by atoms with Gasteiger partial charge in [-0.25, -0.2) is 0 Å². The van der Waals surface area contributed by atoms with Crippen molar-refractivity contribution < 1.29 is 0 Å². The Morgan fingerprint density at radius 3 is 1.95 bits per heavy atom. The van der Waals surface area contributed by atoms with Crippen LogP contribution in [0.25, 0.3) is 0 Å². The maximum absolute atomic E-state index is 2.77. The maximum Gasteiger partial charge on any atom is 0.00645 e. The van der Waals surface area contributed by atoms with E-state index in [-0.39, 0.29) is 0 Å². The minimum atomic E-state index is 0.757. The summed E-state index contributed by atoms with van der Waals surface area (Å²) in [4.78, 5) is 5.51. The minimum absolute atomic E-state index is 0.757. The van der Waals surface area contributed by atoms with Gasteiger partial charge in [0.1, 0.15) is 0 Å². The van der Waals surface area contributed by atoms with Crippen molar-refractivity contribution in [3.8, 4) is 0 Å². The van der Waals surface area contributed by atoms with E-state index in [1.165, 1.54) is 52.0 Å². The number of likely N-dealkylation sites (tertiary alicyclic amines) is 2. The summed E-state index contributed by atoms with van der Waals surface area (Å²) in [6.07, 6.45) is 4.13. The lowest BCUT2D eigenvalue weighted by molar-refractivity contribution is 0.0227. The van der Waals surface area contributed by atoms with Crippen LogP contribution >= 0.6 is 0 Å². The molecule has 0 bridgehead atoms. The van der Waals surface area contributed by atoms with Gasteiger partial charge >= 0.3 is 0 Å². The predicted molar refractivity (Wildman–Crippen MR) is 97.1 cm³/mol. The van der Waals surface area contributed by atoms with Crippen molar-refractivity contribution in [1.29, 1.82) is 0 Å². The molecule has 22 heavy (non-hydrogen) atoms. The third kappa shape index (κ3) is 4.47. The Balaban J connectivity index is 1.83. The molecule has 0 saturated carbocycles. The molecule has 0 aliphatic carbocycles. The first-order valence-electron chi connectivity index (χ1n) is 9.88. The van der Waals surface area contributed by atoms with Gasteiger partial charge in [-0.1, -0.05) is 34.6 Å². The molecule has 0 amide bonds. The molecule has 0 N–H and O–H groups in total. The summed E-state index contributed by atoms with van der Waals surface area (Å²) in [6.45, 7) is 21.2. The lowest BCUT2D eigenvalue weighted by Crippen LogP contribution is -2.51. The molecule has 2 rings (SSSR count). The quantitative estimate of drug-likeness (QED) is 0.744. The Hall–Kier alpha value is -0.0800. The van der Waals surface area contributed by atoms with Crippen molar-refractivity contribution in [2.75, 3.05) is 32.7 Å². The fraction of sp³-hybridized carbons (Fsp3) is 1.00. The van der Waals surface area contributed by atoms with Crippen LogP contribution in [0, 0.1) is 29.6 Å². The Labute approximate surface area is 139 Å². The monoisotopic (exact) mass is 308 g/mol. The maximum atomic E-state index is 2.77. The SMILES string of the molecule is CCC(C)N1C[C@@H](C)C(CN2CCC(C(C)C)CC2)[C@@H](C)C1. The summed E-state index contributed by atoms with van der Waals surface area (Å²) in [7, 11) is 0. The van der Waals surface area contributed by atoms with Crippen LogP contribution in [0.2, 0.25) is 0 Å². The van der Waals surface area contributed by atoms with Gasteiger partial charge in [-0.05, 0) is 68.9 Å². The Morgan fingerprint density at radius 2 is 1.50 bits per heavy atom. The van der Waals surface area contributed by atoms with Crippen LogP contribution in [-0.2, 0) is 0 Å². The molecule has 2 nitrogen and oxygen atoms in total. The average Bonchev–Trinajstić information content (AvgIpc) is 2.50. The van der Waals surface area contributed by atoms with Gasteiger partial charge in [0.25, 0.3) is 0 Å². The Bertz CT molecular complexity index is 308. The van der Waals surface area contributed by atoms with Gasteiger partial charge in [0.05, 0.1) is 0 Å². The van der Waals surface area contributed by atoms with Gasteiger partial charge in [-0.2, -0.15) is 0 Å². The standard InChI is InChI=1S/C20H40N2/c1-7-18(6)22-12-16(4)20(17(5)13-22)14-21-10-8-19(9-11-21)15(2)3/h15-20H,7-14H2,1-6H3/t16-,17+,18?,20?. The van der Waals surface area contributed by atoms with Gasteiger partial charge in [0.2, 0.25) is 0 Å². The zero-order valence-corrected chi connectivity index (χ0v) is 16.0. The molecule has 2 heteroatoms. The second kappa shape index (κ2) is 8.15. The van der Waals surface area contributed by atoms with Crippen molar-refractivity contribution >= 4 is 0 Å². The van der Waals surface area contributed by atoms with Gasteiger partial charge in [-0.15, -0.1) is 0 Å². The zero-order valence-electron chi connectivity index (χ0n) is 16.0. The van der Waals surface area contributed by atoms with Crippen LogP contribution < -0.4 is 0 Å². The summed E-state index contributed by atoms with van der Waals surface area (Å²) < 4.78 is 0. The molecule has 0 aromatic carbocycles. The van der Waals surface area contributed by atoms with Crippen molar-refractivity contribution in [1.82, 2.24) is 9.80 Å². The molecule has 0 spiro atoms. The highest BCUT2D eigenvalue weighted by atomic mass is 15.2. The van der Waals surface area contributed by atoms with E-state index in [1.54, 1.807) is 0 Å². The molecule has 2 aliphatic heterocycles. The molecular weight excluding hydrogens is 268 g/mol. The first kappa shape index (κ1) is 18.3. The molecular formula is C20H40N2. The van der Waals surface area contributed by atoms with E-state index in [4.69, 9.17) is 0 Å². The topological polar surface area (TPSA) is 6.48 Å². The van der Waals surface area contributed by atoms with E-state index in [0.29, 0.717) is 0 Å². The molecule has 0 radical (unpaired) electrons. The number of nitrogens with zero attached hydrogens (tertiary/aromatic N) is 2. The largest absolute Gasteiger partial charge is 0.303 e. The summed E-state index contributed by atoms with van der Waals surface area (Å²) in [6, 6.07) is 0.757. The normalized spacial score (nSPS) is 34.2. The lowest BCUT2D eigenvalue weighted by atomic mass is 9.78. The summed E-state index contributed by atoms with van der Waals surface area (Å²) in [5.74, 6) is 4.44. The first-order valence-corrected chi connectivity index (χ1v) is 9.88. The highest BCUT2D eigenvalue weighted by Gasteiger charge is 2.35. The third-order valence-corrected chi connectivity index (χ3v) is 6.77. The highest BCUT2D eigenvalue weighted by molar-refractivity contribution is 4.87. The fourth-order valence-electron chi connectivity index (χ4n) is 4.72. The number of rotatable bonds is 5. The molecule has 0 aromatic rings. The van der Waals surface area contributed by atoms with Crippen molar-refractivity contribution in [3.63, 3.8) is 0 Å². The molecule has 2 heterocycles. The van der Waals surface area contributed by atoms with E-state index in [9.17, 15) is 0 Å². The van der Waals surface area contributed by atoms with E-state index < -0.39 is 0 Å². The third-order valence-electron chi connectivity index (χ3n) is 6.77. The molecule has 2 unspecified atom stereocenters. The van der Waals surface area contributed by atoms with E-state index in [0.717, 1.165) is 35.6 Å². The van der Waals surface area contributed by atoms with Crippen LogP contribution in [-0.4, -0.2) is 48.6 Å². The van der Waals surface area contributed by atoms with Crippen LogP contribution in [0.1, 0.15) is 60.8 Å². The molecule has 4 atom stereocenters. The first-order chi connectivity index (χ1) is 10.4. The number of hydrogen-bond donors (Lipinski definition) is 0. The van der Waals surface area contributed by atoms with Crippen LogP contribution in [0.4, 0.5) is 0 Å². The Kier molecular flexibility index (Phi) is 6.76. The average molecular weight is 309 g/mol. The van der Waals surface area contributed by atoms with Gasteiger partial charge in [0, 0.05) is 25.7 Å². The van der Waals surface area contributed by atoms with E-state index in [1.807, 2.05) is 0 Å².